The molecular weight excluding hydrogens is 244 g/mol. The van der Waals surface area contributed by atoms with Crippen molar-refractivity contribution in [2.24, 2.45) is 5.92 Å². The molecule has 0 saturated carbocycles. The molecule has 3 nitrogen and oxygen atoms in total. The number of hydrogen-bond acceptors (Lipinski definition) is 4. The maximum absolute atomic E-state index is 5.57. The van der Waals surface area contributed by atoms with Crippen LogP contribution in [-0.4, -0.2) is 11.5 Å². The van der Waals surface area contributed by atoms with Gasteiger partial charge in [-0.15, -0.1) is 11.3 Å². The molecule has 2 aromatic rings. The lowest BCUT2D eigenvalue weighted by Crippen LogP contribution is -2.19. The van der Waals surface area contributed by atoms with Gasteiger partial charge in [0.05, 0.1) is 4.88 Å². The quantitative estimate of drug-likeness (QED) is 0.864. The minimum Gasteiger partial charge on any atom is -0.442 e. The van der Waals surface area contributed by atoms with Gasteiger partial charge in [0.25, 0.3) is 0 Å². The molecule has 18 heavy (non-hydrogen) atoms. The van der Waals surface area contributed by atoms with Crippen molar-refractivity contribution in [1.29, 1.82) is 0 Å². The summed E-state index contributed by atoms with van der Waals surface area (Å²) in [4.78, 5) is 5.54. The van der Waals surface area contributed by atoms with E-state index in [0.29, 0.717) is 5.92 Å². The Hall–Kier alpha value is -1.13. The van der Waals surface area contributed by atoms with Crippen molar-refractivity contribution in [1.82, 2.24) is 10.3 Å². The highest BCUT2D eigenvalue weighted by Crippen LogP contribution is 2.32. The number of hydrogen-bond donors (Lipinski definition) is 1. The number of aryl methyl sites for hydroxylation is 1. The Kier molecular flexibility index (Phi) is 4.55. The molecule has 0 unspecified atom stereocenters. The van der Waals surface area contributed by atoms with Gasteiger partial charge in [-0.25, -0.2) is 4.98 Å². The summed E-state index contributed by atoms with van der Waals surface area (Å²) in [6.07, 6.45) is 2.57. The molecule has 0 aliphatic carbocycles. The number of rotatable bonds is 6. The van der Waals surface area contributed by atoms with E-state index in [-0.39, 0.29) is 0 Å². The summed E-state index contributed by atoms with van der Waals surface area (Å²) >= 11 is 1.72. The van der Waals surface area contributed by atoms with E-state index in [9.17, 15) is 0 Å². The van der Waals surface area contributed by atoms with Crippen molar-refractivity contribution in [3.05, 3.63) is 29.1 Å². The summed E-state index contributed by atoms with van der Waals surface area (Å²) < 4.78 is 5.57. The highest BCUT2D eigenvalue weighted by molar-refractivity contribution is 7.13. The lowest BCUT2D eigenvalue weighted by Gasteiger charge is -2.06. The van der Waals surface area contributed by atoms with Gasteiger partial charge in [-0.2, -0.15) is 0 Å². The van der Waals surface area contributed by atoms with Crippen molar-refractivity contribution < 1.29 is 4.42 Å². The van der Waals surface area contributed by atoms with E-state index in [2.05, 4.69) is 42.5 Å². The Bertz CT molecular complexity index is 487. The third-order valence-corrected chi connectivity index (χ3v) is 3.78. The maximum Gasteiger partial charge on any atom is 0.181 e. The molecule has 1 N–H and O–H groups in total. The monoisotopic (exact) mass is 264 g/mol. The Morgan fingerprint density at radius 3 is 3.00 bits per heavy atom. The number of oxazole rings is 1. The maximum atomic E-state index is 5.57. The first-order valence-electron chi connectivity index (χ1n) is 6.42. The smallest absolute Gasteiger partial charge is 0.181 e. The fraction of sp³-hybridized carbons (Fsp3) is 0.500. The third kappa shape index (κ3) is 3.00. The molecule has 98 valence electrons. The van der Waals surface area contributed by atoms with Crippen LogP contribution >= 0.6 is 11.3 Å². The van der Waals surface area contributed by atoms with Gasteiger partial charge in [-0.05, 0) is 35.9 Å². The van der Waals surface area contributed by atoms with Gasteiger partial charge in [0.15, 0.2) is 12.2 Å². The largest absolute Gasteiger partial charge is 0.442 e. The standard InChI is InChI=1S/C14H20N2OS/c1-4-11-5-6-18-14(11)13-12(16-9-17-13)8-15-7-10(2)3/h5-6,9-10,15H,4,7-8H2,1-3H3. The third-order valence-electron chi connectivity index (χ3n) is 2.82. The first-order valence-corrected chi connectivity index (χ1v) is 7.30. The van der Waals surface area contributed by atoms with Crippen LogP contribution in [0.4, 0.5) is 0 Å². The van der Waals surface area contributed by atoms with E-state index in [1.54, 1.807) is 17.7 Å². The van der Waals surface area contributed by atoms with Crippen molar-refractivity contribution in [2.75, 3.05) is 6.54 Å². The van der Waals surface area contributed by atoms with Gasteiger partial charge in [0.1, 0.15) is 5.69 Å². The number of nitrogens with one attached hydrogen (secondary N) is 1. The van der Waals surface area contributed by atoms with Crippen LogP contribution < -0.4 is 5.32 Å². The van der Waals surface area contributed by atoms with Crippen LogP contribution in [0.5, 0.6) is 0 Å². The van der Waals surface area contributed by atoms with Crippen LogP contribution in [0.3, 0.4) is 0 Å². The average molecular weight is 264 g/mol. The van der Waals surface area contributed by atoms with E-state index < -0.39 is 0 Å². The van der Waals surface area contributed by atoms with Crippen molar-refractivity contribution >= 4 is 11.3 Å². The zero-order chi connectivity index (χ0) is 13.0. The molecule has 2 rings (SSSR count). The van der Waals surface area contributed by atoms with Crippen LogP contribution in [0.25, 0.3) is 10.6 Å². The SMILES string of the molecule is CCc1ccsc1-c1ocnc1CNCC(C)C. The van der Waals surface area contributed by atoms with Crippen LogP contribution in [0, 0.1) is 5.92 Å². The molecular formula is C14H20N2OS. The fourth-order valence-corrected chi connectivity index (χ4v) is 2.88. The molecule has 0 saturated heterocycles. The molecule has 0 fully saturated rings. The second-order valence-electron chi connectivity index (χ2n) is 4.78. The average Bonchev–Trinajstić information content (AvgIpc) is 2.95. The van der Waals surface area contributed by atoms with Gasteiger partial charge in [0.2, 0.25) is 0 Å². The van der Waals surface area contributed by atoms with Crippen molar-refractivity contribution in [3.8, 4) is 10.6 Å². The molecule has 0 aliphatic rings. The zero-order valence-electron chi connectivity index (χ0n) is 11.2. The summed E-state index contributed by atoms with van der Waals surface area (Å²) in [7, 11) is 0. The topological polar surface area (TPSA) is 38.1 Å². The molecule has 2 aromatic heterocycles. The minimum absolute atomic E-state index is 0.647. The van der Waals surface area contributed by atoms with E-state index in [1.807, 2.05) is 0 Å². The van der Waals surface area contributed by atoms with Crippen LogP contribution in [0.15, 0.2) is 22.3 Å². The highest BCUT2D eigenvalue weighted by atomic mass is 32.1. The molecule has 0 atom stereocenters. The summed E-state index contributed by atoms with van der Waals surface area (Å²) in [5, 5.41) is 5.52. The number of nitrogens with zero attached hydrogens (tertiary/aromatic N) is 1. The first-order chi connectivity index (χ1) is 8.72. The van der Waals surface area contributed by atoms with Gasteiger partial charge in [-0.1, -0.05) is 20.8 Å². The molecule has 0 amide bonds. The Morgan fingerprint density at radius 2 is 2.28 bits per heavy atom. The van der Waals surface area contributed by atoms with E-state index >= 15 is 0 Å². The Balaban J connectivity index is 2.12. The van der Waals surface area contributed by atoms with E-state index in [1.165, 1.54) is 10.4 Å². The summed E-state index contributed by atoms with van der Waals surface area (Å²) in [6, 6.07) is 2.16. The second-order valence-corrected chi connectivity index (χ2v) is 5.70. The van der Waals surface area contributed by atoms with Crippen molar-refractivity contribution in [2.45, 2.75) is 33.7 Å². The molecule has 0 aliphatic heterocycles. The molecule has 0 bridgehead atoms. The lowest BCUT2D eigenvalue weighted by atomic mass is 10.1. The lowest BCUT2D eigenvalue weighted by molar-refractivity contribution is 0.545. The molecule has 4 heteroatoms. The summed E-state index contributed by atoms with van der Waals surface area (Å²) in [6.45, 7) is 8.33. The predicted molar refractivity (Wildman–Crippen MR) is 75.7 cm³/mol. The van der Waals surface area contributed by atoms with Crippen LogP contribution in [0.2, 0.25) is 0 Å². The summed E-state index contributed by atoms with van der Waals surface area (Å²) in [5.74, 6) is 1.58. The minimum atomic E-state index is 0.647. The predicted octanol–water partition coefficient (Wildman–Crippen LogP) is 3.71. The molecule has 0 aromatic carbocycles. The first kappa shape index (κ1) is 13.3. The summed E-state index contributed by atoms with van der Waals surface area (Å²) in [5.41, 5.74) is 2.34. The molecule has 0 radical (unpaired) electrons. The van der Waals surface area contributed by atoms with Gasteiger partial charge in [-0.3, -0.25) is 0 Å². The van der Waals surface area contributed by atoms with Gasteiger partial charge >= 0.3 is 0 Å². The Morgan fingerprint density at radius 1 is 1.44 bits per heavy atom. The highest BCUT2D eigenvalue weighted by Gasteiger charge is 2.14. The normalized spacial score (nSPS) is 11.3. The fourth-order valence-electron chi connectivity index (χ4n) is 1.87. The molecule has 0 spiro atoms. The van der Waals surface area contributed by atoms with Crippen molar-refractivity contribution in [3.63, 3.8) is 0 Å². The van der Waals surface area contributed by atoms with Gasteiger partial charge in [0, 0.05) is 6.54 Å². The number of aromatic nitrogens is 1. The van der Waals surface area contributed by atoms with Crippen LogP contribution in [-0.2, 0) is 13.0 Å². The molecule has 2 heterocycles. The zero-order valence-corrected chi connectivity index (χ0v) is 12.0. The van der Waals surface area contributed by atoms with E-state index in [4.69, 9.17) is 4.42 Å². The Labute approximate surface area is 112 Å². The second kappa shape index (κ2) is 6.16. The van der Waals surface area contributed by atoms with E-state index in [0.717, 1.165) is 31.0 Å². The van der Waals surface area contributed by atoms with Crippen LogP contribution in [0.1, 0.15) is 32.0 Å². The number of thiophene rings is 1. The van der Waals surface area contributed by atoms with Gasteiger partial charge < -0.3 is 9.73 Å².